The fourth-order valence-corrected chi connectivity index (χ4v) is 1.44. The quantitative estimate of drug-likeness (QED) is 0.509. The number of hydrogen-bond acceptors (Lipinski definition) is 4. The number of ether oxygens (including phenoxy) is 1. The molecule has 0 aliphatic carbocycles. The van der Waals surface area contributed by atoms with E-state index in [1.165, 1.54) is 0 Å². The summed E-state index contributed by atoms with van der Waals surface area (Å²) < 4.78 is 28.2. The first-order valence-electron chi connectivity index (χ1n) is 4.42. The molecule has 0 amide bonds. The molecule has 0 spiro atoms. The van der Waals surface area contributed by atoms with Crippen LogP contribution in [0.2, 0.25) is 0 Å². The van der Waals surface area contributed by atoms with Crippen LogP contribution in [0.5, 0.6) is 5.75 Å². The van der Waals surface area contributed by atoms with Crippen molar-refractivity contribution < 1.29 is 28.3 Å². The molecular weight excluding hydrogens is 276 g/mol. The van der Waals surface area contributed by atoms with Gasteiger partial charge in [-0.05, 0) is 11.6 Å². The molecule has 6 nitrogen and oxygen atoms in total. The van der Waals surface area contributed by atoms with Crippen molar-refractivity contribution in [1.29, 1.82) is 0 Å². The largest absolute Gasteiger partial charge is 0.477 e. The predicted molar refractivity (Wildman–Crippen MR) is 56.2 cm³/mol. The van der Waals surface area contributed by atoms with E-state index >= 15 is 0 Å². The van der Waals surface area contributed by atoms with Gasteiger partial charge in [0, 0.05) is 11.9 Å². The number of nitrogens with zero attached hydrogens (tertiary/aromatic N) is 1. The van der Waals surface area contributed by atoms with Gasteiger partial charge in [0.05, 0.1) is 4.92 Å². The van der Waals surface area contributed by atoms with Gasteiger partial charge in [0.25, 0.3) is 5.69 Å². The normalized spacial score (nSPS) is 10.4. The Bertz CT molecular complexity index is 494. The molecule has 0 radical (unpaired) electrons. The maximum Gasteiger partial charge on any atom is 0.387 e. The van der Waals surface area contributed by atoms with Crippen LogP contribution in [0.25, 0.3) is 0 Å². The molecule has 18 heavy (non-hydrogen) atoms. The van der Waals surface area contributed by atoms with Crippen LogP contribution in [0.3, 0.4) is 0 Å². The lowest BCUT2D eigenvalue weighted by molar-refractivity contribution is -0.385. The Morgan fingerprint density at radius 1 is 1.56 bits per heavy atom. The van der Waals surface area contributed by atoms with Gasteiger partial charge in [0.1, 0.15) is 5.75 Å². The Morgan fingerprint density at radius 2 is 2.17 bits per heavy atom. The highest BCUT2D eigenvalue weighted by Crippen LogP contribution is 2.32. The average Bonchev–Trinajstić information content (AvgIpc) is 2.26. The molecule has 0 atom stereocenters. The van der Waals surface area contributed by atoms with E-state index in [1.54, 1.807) is 0 Å². The Kier molecular flexibility index (Phi) is 4.38. The second kappa shape index (κ2) is 5.58. The summed E-state index contributed by atoms with van der Waals surface area (Å²) >= 11 is 5.43. The molecule has 1 rings (SSSR count). The lowest BCUT2D eigenvalue weighted by Crippen LogP contribution is -2.10. The summed E-state index contributed by atoms with van der Waals surface area (Å²) in [5.74, 6) is -2.74. The Hall–Kier alpha value is -1.96. The molecule has 1 N–H and O–H groups in total. The number of carbonyl (C=O) groups is 1. The molecular formula is C9H6ClF2NO5. The van der Waals surface area contributed by atoms with Crippen molar-refractivity contribution in [3.05, 3.63) is 33.4 Å². The smallest absolute Gasteiger partial charge is 0.387 e. The van der Waals surface area contributed by atoms with Crippen LogP contribution < -0.4 is 4.74 Å². The van der Waals surface area contributed by atoms with Gasteiger partial charge in [-0.3, -0.25) is 10.1 Å². The zero-order valence-corrected chi connectivity index (χ0v) is 9.36. The first-order chi connectivity index (χ1) is 8.36. The zero-order chi connectivity index (χ0) is 13.9. The third kappa shape index (κ3) is 3.04. The summed E-state index contributed by atoms with van der Waals surface area (Å²) in [6.45, 7) is -3.30. The Morgan fingerprint density at radius 3 is 2.56 bits per heavy atom. The standard InChI is InChI=1S/C9H6ClF2NO5/c10-3-4-1-5(13(16)17)7(8(14)15)6(2-4)18-9(11)12/h1-2,9H,3H2,(H,14,15). The first kappa shape index (κ1) is 14.1. The molecule has 0 heterocycles. The number of aromatic carboxylic acids is 1. The topological polar surface area (TPSA) is 89.7 Å². The van der Waals surface area contributed by atoms with E-state index in [-0.39, 0.29) is 11.4 Å². The van der Waals surface area contributed by atoms with E-state index < -0.39 is 34.5 Å². The van der Waals surface area contributed by atoms with Crippen LogP contribution in [0, 0.1) is 10.1 Å². The fourth-order valence-electron chi connectivity index (χ4n) is 1.28. The highest BCUT2D eigenvalue weighted by molar-refractivity contribution is 6.17. The third-order valence-electron chi connectivity index (χ3n) is 1.92. The molecule has 0 aliphatic rings. The second-order valence-electron chi connectivity index (χ2n) is 3.06. The number of carboxylic acids is 1. The Balaban J connectivity index is 3.49. The van der Waals surface area contributed by atoms with Gasteiger partial charge in [0.2, 0.25) is 0 Å². The molecule has 0 saturated heterocycles. The van der Waals surface area contributed by atoms with Crippen molar-refractivity contribution in [1.82, 2.24) is 0 Å². The van der Waals surface area contributed by atoms with Crippen LogP contribution in [0.1, 0.15) is 15.9 Å². The van der Waals surface area contributed by atoms with Crippen LogP contribution in [0.4, 0.5) is 14.5 Å². The number of nitro benzene ring substituents is 1. The molecule has 98 valence electrons. The van der Waals surface area contributed by atoms with Crippen molar-refractivity contribution in [3.63, 3.8) is 0 Å². The molecule has 9 heteroatoms. The lowest BCUT2D eigenvalue weighted by atomic mass is 10.1. The highest BCUT2D eigenvalue weighted by atomic mass is 35.5. The number of carboxylic acid groups (broad SMARTS) is 1. The van der Waals surface area contributed by atoms with Gasteiger partial charge in [-0.2, -0.15) is 8.78 Å². The molecule has 0 unspecified atom stereocenters. The molecule has 1 aromatic carbocycles. The number of hydrogen-bond donors (Lipinski definition) is 1. The van der Waals surface area contributed by atoms with Crippen molar-refractivity contribution in [3.8, 4) is 5.75 Å². The highest BCUT2D eigenvalue weighted by Gasteiger charge is 2.27. The third-order valence-corrected chi connectivity index (χ3v) is 2.23. The molecule has 0 saturated carbocycles. The summed E-state index contributed by atoms with van der Waals surface area (Å²) in [6.07, 6.45) is 0. The summed E-state index contributed by atoms with van der Waals surface area (Å²) in [4.78, 5) is 20.6. The van der Waals surface area contributed by atoms with E-state index in [0.29, 0.717) is 0 Å². The molecule has 0 fully saturated rings. The summed E-state index contributed by atoms with van der Waals surface area (Å²) in [6, 6.07) is 1.82. The monoisotopic (exact) mass is 281 g/mol. The summed E-state index contributed by atoms with van der Waals surface area (Å²) in [7, 11) is 0. The maximum absolute atomic E-state index is 12.1. The summed E-state index contributed by atoms with van der Waals surface area (Å²) in [5, 5.41) is 19.5. The first-order valence-corrected chi connectivity index (χ1v) is 4.95. The van der Waals surface area contributed by atoms with Crippen molar-refractivity contribution in [2.75, 3.05) is 0 Å². The van der Waals surface area contributed by atoms with Gasteiger partial charge in [0.15, 0.2) is 5.56 Å². The number of rotatable bonds is 5. The van der Waals surface area contributed by atoms with Gasteiger partial charge in [-0.15, -0.1) is 11.6 Å². The van der Waals surface area contributed by atoms with E-state index in [9.17, 15) is 23.7 Å². The molecule has 0 bridgehead atoms. The second-order valence-corrected chi connectivity index (χ2v) is 3.33. The van der Waals surface area contributed by atoms with E-state index in [1.807, 2.05) is 0 Å². The minimum Gasteiger partial charge on any atom is -0.477 e. The van der Waals surface area contributed by atoms with Crippen molar-refractivity contribution in [2.24, 2.45) is 0 Å². The lowest BCUT2D eigenvalue weighted by Gasteiger charge is -2.09. The SMILES string of the molecule is O=C(O)c1c(OC(F)F)cc(CCl)cc1[N+](=O)[O-]. The summed E-state index contributed by atoms with van der Waals surface area (Å²) in [5.41, 5.74) is -1.69. The Labute approximate surface area is 104 Å². The van der Waals surface area contributed by atoms with Gasteiger partial charge < -0.3 is 9.84 Å². The van der Waals surface area contributed by atoms with Gasteiger partial charge >= 0.3 is 12.6 Å². The molecule has 0 aromatic heterocycles. The molecule has 0 aliphatic heterocycles. The van der Waals surface area contributed by atoms with Crippen molar-refractivity contribution in [2.45, 2.75) is 12.5 Å². The van der Waals surface area contributed by atoms with Crippen LogP contribution in [-0.4, -0.2) is 22.6 Å². The van der Waals surface area contributed by atoms with Crippen LogP contribution in [0.15, 0.2) is 12.1 Å². The van der Waals surface area contributed by atoms with E-state index in [4.69, 9.17) is 16.7 Å². The number of alkyl halides is 3. The van der Waals surface area contributed by atoms with Crippen molar-refractivity contribution >= 4 is 23.3 Å². The number of benzene rings is 1. The van der Waals surface area contributed by atoms with E-state index in [0.717, 1.165) is 12.1 Å². The van der Waals surface area contributed by atoms with Crippen LogP contribution >= 0.6 is 11.6 Å². The average molecular weight is 282 g/mol. The number of halogens is 3. The van der Waals surface area contributed by atoms with Gasteiger partial charge in [-0.25, -0.2) is 4.79 Å². The number of nitro groups is 1. The minimum atomic E-state index is -3.30. The molecule has 1 aromatic rings. The van der Waals surface area contributed by atoms with Gasteiger partial charge in [-0.1, -0.05) is 0 Å². The van der Waals surface area contributed by atoms with Crippen LogP contribution in [-0.2, 0) is 5.88 Å². The predicted octanol–water partition coefficient (Wildman–Crippen LogP) is 2.63. The minimum absolute atomic E-state index is 0.101. The van der Waals surface area contributed by atoms with E-state index in [2.05, 4.69) is 4.74 Å². The zero-order valence-electron chi connectivity index (χ0n) is 8.60. The maximum atomic E-state index is 12.1. The fraction of sp³-hybridized carbons (Fsp3) is 0.222.